The molecule has 1 aliphatic carbocycles. The molecule has 0 amide bonds. The average Bonchev–Trinajstić information content (AvgIpc) is 3.08. The van der Waals surface area contributed by atoms with Crippen LogP contribution in [0.3, 0.4) is 0 Å². The van der Waals surface area contributed by atoms with Crippen LogP contribution in [-0.2, 0) is 4.74 Å². The third kappa shape index (κ3) is 3.72. The molecule has 16 heavy (non-hydrogen) atoms. The van der Waals surface area contributed by atoms with Crippen molar-refractivity contribution < 1.29 is 4.74 Å². The third-order valence-electron chi connectivity index (χ3n) is 3.78. The van der Waals surface area contributed by atoms with E-state index in [1.54, 1.807) is 0 Å². The van der Waals surface area contributed by atoms with E-state index in [9.17, 15) is 0 Å². The third-order valence-corrected chi connectivity index (χ3v) is 3.78. The van der Waals surface area contributed by atoms with Gasteiger partial charge in [0.05, 0.1) is 6.61 Å². The Morgan fingerprint density at radius 1 is 1.38 bits per heavy atom. The lowest BCUT2D eigenvalue weighted by Gasteiger charge is -2.37. The van der Waals surface area contributed by atoms with E-state index in [0.717, 1.165) is 25.1 Å². The number of hydrogen-bond donors (Lipinski definition) is 1. The molecule has 3 nitrogen and oxygen atoms in total. The summed E-state index contributed by atoms with van der Waals surface area (Å²) in [7, 11) is 1.82. The molecule has 0 aromatic heterocycles. The van der Waals surface area contributed by atoms with Crippen molar-refractivity contribution in [2.24, 2.45) is 5.92 Å². The van der Waals surface area contributed by atoms with Gasteiger partial charge in [-0.05, 0) is 38.1 Å². The van der Waals surface area contributed by atoms with Crippen LogP contribution in [0.2, 0.25) is 0 Å². The summed E-state index contributed by atoms with van der Waals surface area (Å²) in [5.41, 5.74) is 0. The first kappa shape index (κ1) is 12.3. The number of rotatable bonds is 6. The lowest BCUT2D eigenvalue weighted by Crippen LogP contribution is -2.49. The molecule has 1 saturated carbocycles. The molecule has 2 aliphatic rings. The minimum absolute atomic E-state index is 0.577. The van der Waals surface area contributed by atoms with Crippen LogP contribution in [-0.4, -0.2) is 50.3 Å². The summed E-state index contributed by atoms with van der Waals surface area (Å²) in [5, 5.41) is 3.63. The fourth-order valence-corrected chi connectivity index (χ4v) is 2.63. The Labute approximate surface area is 99.5 Å². The van der Waals surface area contributed by atoms with Crippen molar-refractivity contribution in [3.05, 3.63) is 0 Å². The van der Waals surface area contributed by atoms with Crippen LogP contribution in [0.25, 0.3) is 0 Å². The zero-order valence-electron chi connectivity index (χ0n) is 10.7. The molecule has 94 valence electrons. The first-order valence-electron chi connectivity index (χ1n) is 6.76. The Balaban J connectivity index is 1.78. The Kier molecular flexibility index (Phi) is 4.62. The largest absolute Gasteiger partial charge is 0.383 e. The van der Waals surface area contributed by atoms with E-state index in [-0.39, 0.29) is 0 Å². The number of piperidine rings is 1. The van der Waals surface area contributed by atoms with Crippen molar-refractivity contribution >= 4 is 0 Å². The number of nitrogens with zero attached hydrogens (tertiary/aromatic N) is 1. The molecular formula is C13H26N2O. The summed E-state index contributed by atoms with van der Waals surface area (Å²) in [6.07, 6.45) is 5.49. The van der Waals surface area contributed by atoms with E-state index in [0.29, 0.717) is 6.04 Å². The van der Waals surface area contributed by atoms with Gasteiger partial charge in [-0.2, -0.15) is 0 Å². The molecule has 3 heteroatoms. The van der Waals surface area contributed by atoms with Crippen molar-refractivity contribution in [2.75, 3.05) is 33.4 Å². The Bertz CT molecular complexity index is 206. The second-order valence-corrected chi connectivity index (χ2v) is 5.53. The van der Waals surface area contributed by atoms with E-state index in [1.165, 1.54) is 38.8 Å². The SMILES string of the molecule is COCC(CNC1CC1)N1CCCC(C)C1. The molecule has 2 rings (SSSR count). The molecule has 0 aromatic rings. The van der Waals surface area contributed by atoms with Crippen LogP contribution in [0.4, 0.5) is 0 Å². The van der Waals surface area contributed by atoms with Gasteiger partial charge in [0.2, 0.25) is 0 Å². The van der Waals surface area contributed by atoms with E-state index in [2.05, 4.69) is 17.1 Å². The standard InChI is InChI=1S/C13H26N2O/c1-11-4-3-7-15(9-11)13(10-16-2)8-14-12-5-6-12/h11-14H,3-10H2,1-2H3. The van der Waals surface area contributed by atoms with Gasteiger partial charge >= 0.3 is 0 Å². The van der Waals surface area contributed by atoms with Gasteiger partial charge in [0.25, 0.3) is 0 Å². The topological polar surface area (TPSA) is 24.5 Å². The van der Waals surface area contributed by atoms with Gasteiger partial charge in [0.1, 0.15) is 0 Å². The van der Waals surface area contributed by atoms with Crippen LogP contribution in [0.5, 0.6) is 0 Å². The number of likely N-dealkylation sites (tertiary alicyclic amines) is 1. The monoisotopic (exact) mass is 226 g/mol. The molecule has 1 heterocycles. The highest BCUT2D eigenvalue weighted by Crippen LogP contribution is 2.20. The first-order valence-corrected chi connectivity index (χ1v) is 6.76. The molecule has 1 saturated heterocycles. The van der Waals surface area contributed by atoms with Crippen molar-refractivity contribution in [1.82, 2.24) is 10.2 Å². The molecule has 0 spiro atoms. The summed E-state index contributed by atoms with van der Waals surface area (Å²) in [4.78, 5) is 2.62. The zero-order chi connectivity index (χ0) is 11.4. The number of methoxy groups -OCH3 is 1. The molecule has 2 atom stereocenters. The predicted octanol–water partition coefficient (Wildman–Crippen LogP) is 1.49. The van der Waals surface area contributed by atoms with Crippen LogP contribution in [0, 0.1) is 5.92 Å². The van der Waals surface area contributed by atoms with Crippen molar-refractivity contribution in [2.45, 2.75) is 44.7 Å². The normalized spacial score (nSPS) is 29.2. The van der Waals surface area contributed by atoms with E-state index < -0.39 is 0 Å². The molecular weight excluding hydrogens is 200 g/mol. The van der Waals surface area contributed by atoms with E-state index in [4.69, 9.17) is 4.74 Å². The van der Waals surface area contributed by atoms with Gasteiger partial charge in [0.15, 0.2) is 0 Å². The second kappa shape index (κ2) is 5.99. The minimum atomic E-state index is 0.577. The summed E-state index contributed by atoms with van der Waals surface area (Å²) >= 11 is 0. The van der Waals surface area contributed by atoms with Crippen LogP contribution in [0.1, 0.15) is 32.6 Å². The van der Waals surface area contributed by atoms with E-state index in [1.807, 2.05) is 7.11 Å². The minimum Gasteiger partial charge on any atom is -0.383 e. The number of ether oxygens (including phenoxy) is 1. The number of nitrogens with one attached hydrogen (secondary N) is 1. The van der Waals surface area contributed by atoms with Gasteiger partial charge in [0, 0.05) is 32.3 Å². The van der Waals surface area contributed by atoms with Crippen molar-refractivity contribution in [3.8, 4) is 0 Å². The highest BCUT2D eigenvalue weighted by molar-refractivity contribution is 4.85. The Hall–Kier alpha value is -0.120. The second-order valence-electron chi connectivity index (χ2n) is 5.53. The molecule has 1 aliphatic heterocycles. The molecule has 2 fully saturated rings. The molecule has 0 radical (unpaired) electrons. The molecule has 2 unspecified atom stereocenters. The first-order chi connectivity index (χ1) is 7.79. The van der Waals surface area contributed by atoms with Crippen LogP contribution < -0.4 is 5.32 Å². The fourth-order valence-electron chi connectivity index (χ4n) is 2.63. The van der Waals surface area contributed by atoms with E-state index >= 15 is 0 Å². The summed E-state index contributed by atoms with van der Waals surface area (Å²) in [5.74, 6) is 0.856. The zero-order valence-corrected chi connectivity index (χ0v) is 10.7. The van der Waals surface area contributed by atoms with Gasteiger partial charge in [-0.25, -0.2) is 0 Å². The van der Waals surface area contributed by atoms with Gasteiger partial charge in [-0.3, -0.25) is 4.90 Å². The summed E-state index contributed by atoms with van der Waals surface area (Å²) in [6, 6.07) is 1.38. The Morgan fingerprint density at radius 3 is 2.81 bits per heavy atom. The maximum absolute atomic E-state index is 5.36. The maximum Gasteiger partial charge on any atom is 0.0630 e. The highest BCUT2D eigenvalue weighted by atomic mass is 16.5. The van der Waals surface area contributed by atoms with Crippen molar-refractivity contribution in [3.63, 3.8) is 0 Å². The van der Waals surface area contributed by atoms with Crippen LogP contribution >= 0.6 is 0 Å². The quantitative estimate of drug-likeness (QED) is 0.742. The van der Waals surface area contributed by atoms with Gasteiger partial charge in [-0.15, -0.1) is 0 Å². The lowest BCUT2D eigenvalue weighted by molar-refractivity contribution is 0.0620. The van der Waals surface area contributed by atoms with Gasteiger partial charge < -0.3 is 10.1 Å². The smallest absolute Gasteiger partial charge is 0.0630 e. The van der Waals surface area contributed by atoms with Crippen molar-refractivity contribution in [1.29, 1.82) is 0 Å². The van der Waals surface area contributed by atoms with Gasteiger partial charge in [-0.1, -0.05) is 6.92 Å². The number of hydrogen-bond acceptors (Lipinski definition) is 3. The maximum atomic E-state index is 5.36. The highest BCUT2D eigenvalue weighted by Gasteiger charge is 2.26. The summed E-state index contributed by atoms with van der Waals surface area (Å²) < 4.78 is 5.36. The molecule has 0 bridgehead atoms. The molecule has 1 N–H and O–H groups in total. The fraction of sp³-hybridized carbons (Fsp3) is 1.00. The predicted molar refractivity (Wildman–Crippen MR) is 66.7 cm³/mol. The Morgan fingerprint density at radius 2 is 2.19 bits per heavy atom. The molecule has 0 aromatic carbocycles. The average molecular weight is 226 g/mol. The van der Waals surface area contributed by atoms with Crippen LogP contribution in [0.15, 0.2) is 0 Å². The lowest BCUT2D eigenvalue weighted by atomic mass is 9.99. The summed E-state index contributed by atoms with van der Waals surface area (Å²) in [6.45, 7) is 6.84.